The zero-order chi connectivity index (χ0) is 7.94. The second-order valence-electron chi connectivity index (χ2n) is 2.32. The van der Waals surface area contributed by atoms with Crippen LogP contribution in [0, 0.1) is 0 Å². The summed E-state index contributed by atoms with van der Waals surface area (Å²) in [6.07, 6.45) is 3.10. The Morgan fingerprint density at radius 3 is 2.21 bits per heavy atom. The highest BCUT2D eigenvalue weighted by Crippen LogP contribution is 1.86. The van der Waals surface area contributed by atoms with Crippen molar-refractivity contribution >= 4 is 49.9 Å². The van der Waals surface area contributed by atoms with Crippen molar-refractivity contribution < 1.29 is 0 Å². The summed E-state index contributed by atoms with van der Waals surface area (Å²) in [6.45, 7) is 4.04. The van der Waals surface area contributed by atoms with Gasteiger partial charge in [0.05, 0.1) is 6.34 Å². The highest BCUT2D eigenvalue weighted by atomic mass is 35.5. The van der Waals surface area contributed by atoms with Crippen molar-refractivity contribution in [3.63, 3.8) is 0 Å². The van der Waals surface area contributed by atoms with E-state index in [4.69, 9.17) is 5.84 Å². The molecule has 1 rings (SSSR count). The maximum atomic E-state index is 4.87. The topological polar surface area (TPSA) is 66.0 Å². The highest BCUT2D eigenvalue weighted by molar-refractivity contribution is 5.86. The van der Waals surface area contributed by atoms with E-state index in [0.717, 1.165) is 26.2 Å². The lowest BCUT2D eigenvalue weighted by atomic mass is 10.4. The lowest BCUT2D eigenvalue weighted by molar-refractivity contribution is 0.366. The third-order valence-electron chi connectivity index (χ3n) is 1.51. The van der Waals surface area contributed by atoms with Crippen LogP contribution in [0.15, 0.2) is 10.1 Å². The maximum absolute atomic E-state index is 4.87. The molecule has 8 heteroatoms. The summed E-state index contributed by atoms with van der Waals surface area (Å²) in [5.74, 6) is 4.87. The molecule has 1 saturated heterocycles. The molecule has 1 aliphatic heterocycles. The van der Waals surface area contributed by atoms with Gasteiger partial charge < -0.3 is 16.1 Å². The molecule has 1 aliphatic rings. The van der Waals surface area contributed by atoms with Crippen LogP contribution in [-0.4, -0.2) is 43.8 Å². The van der Waals surface area contributed by atoms with Crippen LogP contribution in [0.4, 0.5) is 0 Å². The minimum atomic E-state index is 0. The zero-order valence-corrected chi connectivity index (χ0v) is 10.1. The van der Waals surface area contributed by atoms with Crippen molar-refractivity contribution in [1.29, 1.82) is 0 Å². The average molecular weight is 265 g/mol. The Balaban J connectivity index is -0.000000403. The molecular formula is C6H16Cl3N5. The largest absolute Gasteiger partial charge is 0.360 e. The Morgan fingerprint density at radius 2 is 1.71 bits per heavy atom. The molecule has 0 spiro atoms. The van der Waals surface area contributed by atoms with E-state index < -0.39 is 0 Å². The van der Waals surface area contributed by atoms with Gasteiger partial charge in [-0.1, -0.05) is 0 Å². The molecule has 0 aromatic carbocycles. The summed E-state index contributed by atoms with van der Waals surface area (Å²) in [5.41, 5.74) is 0. The summed E-state index contributed by atoms with van der Waals surface area (Å²) in [6, 6.07) is 0. The van der Waals surface area contributed by atoms with Crippen molar-refractivity contribution in [1.82, 2.24) is 10.2 Å². The fraction of sp³-hybridized carbons (Fsp3) is 0.667. The molecule has 0 aromatic heterocycles. The molecule has 3 N–H and O–H groups in total. The second kappa shape index (κ2) is 12.8. The Bertz CT molecular complexity index is 158. The molecule has 5 nitrogen and oxygen atoms in total. The van der Waals surface area contributed by atoms with E-state index in [0.29, 0.717) is 0 Å². The van der Waals surface area contributed by atoms with Gasteiger partial charge in [-0.15, -0.1) is 37.2 Å². The summed E-state index contributed by atoms with van der Waals surface area (Å²) in [7, 11) is 0. The SMILES string of the molecule is Cl.Cl.Cl.NN=CN=CN1CCNCC1. The fourth-order valence-corrected chi connectivity index (χ4v) is 0.960. The van der Waals surface area contributed by atoms with E-state index in [1.54, 1.807) is 6.34 Å². The smallest absolute Gasteiger partial charge is 0.136 e. The van der Waals surface area contributed by atoms with Gasteiger partial charge in [0.15, 0.2) is 0 Å². The number of aliphatic imine (C=N–C) groups is 1. The number of hydrazone groups is 1. The number of halogens is 3. The van der Waals surface area contributed by atoms with Gasteiger partial charge in [0.25, 0.3) is 0 Å². The number of hydrogen-bond acceptors (Lipinski definition) is 3. The van der Waals surface area contributed by atoms with Gasteiger partial charge in [-0.25, -0.2) is 4.99 Å². The number of nitrogens with zero attached hydrogens (tertiary/aromatic N) is 3. The Labute approximate surface area is 102 Å². The van der Waals surface area contributed by atoms with Gasteiger partial charge in [-0.05, 0) is 0 Å². The first-order valence-corrected chi connectivity index (χ1v) is 3.63. The van der Waals surface area contributed by atoms with E-state index in [-0.39, 0.29) is 37.2 Å². The molecule has 0 unspecified atom stereocenters. The molecule has 0 amide bonds. The van der Waals surface area contributed by atoms with Crippen LogP contribution in [-0.2, 0) is 0 Å². The van der Waals surface area contributed by atoms with Gasteiger partial charge in [0, 0.05) is 26.2 Å². The van der Waals surface area contributed by atoms with Crippen LogP contribution in [0.3, 0.4) is 0 Å². The molecular weight excluding hydrogens is 248 g/mol. The van der Waals surface area contributed by atoms with Crippen molar-refractivity contribution in [2.24, 2.45) is 15.9 Å². The lowest BCUT2D eigenvalue weighted by Gasteiger charge is -2.24. The molecule has 86 valence electrons. The minimum Gasteiger partial charge on any atom is -0.360 e. The predicted octanol–water partition coefficient (Wildman–Crippen LogP) is 0.0873. The van der Waals surface area contributed by atoms with Gasteiger partial charge in [0.2, 0.25) is 0 Å². The standard InChI is InChI=1S/C6H13N5.3ClH/c7-10-5-9-6-11-3-1-8-2-4-11;;;/h5-6,8H,1-4,7H2;3*1H. The van der Waals surface area contributed by atoms with E-state index in [1.165, 1.54) is 6.34 Å². The van der Waals surface area contributed by atoms with E-state index in [9.17, 15) is 0 Å². The van der Waals surface area contributed by atoms with Gasteiger partial charge in [0.1, 0.15) is 6.34 Å². The van der Waals surface area contributed by atoms with Crippen molar-refractivity contribution in [3.8, 4) is 0 Å². The third-order valence-corrected chi connectivity index (χ3v) is 1.51. The summed E-state index contributed by atoms with van der Waals surface area (Å²) in [5, 5.41) is 6.50. The van der Waals surface area contributed by atoms with E-state index in [2.05, 4.69) is 20.3 Å². The molecule has 0 atom stereocenters. The fourth-order valence-electron chi connectivity index (χ4n) is 0.960. The molecule has 0 aromatic rings. The summed E-state index contributed by atoms with van der Waals surface area (Å²) >= 11 is 0. The Morgan fingerprint density at radius 1 is 1.14 bits per heavy atom. The molecule has 0 radical (unpaired) electrons. The van der Waals surface area contributed by atoms with Crippen molar-refractivity contribution in [2.45, 2.75) is 0 Å². The van der Waals surface area contributed by atoms with Gasteiger partial charge in [-0.3, -0.25) is 0 Å². The first kappa shape index (κ1) is 19.4. The van der Waals surface area contributed by atoms with Crippen LogP contribution < -0.4 is 11.2 Å². The number of hydrogen-bond donors (Lipinski definition) is 2. The number of nitrogens with one attached hydrogen (secondary N) is 1. The van der Waals surface area contributed by atoms with Crippen LogP contribution >= 0.6 is 37.2 Å². The van der Waals surface area contributed by atoms with E-state index in [1.807, 2.05) is 0 Å². The Kier molecular flexibility index (Phi) is 17.7. The third kappa shape index (κ3) is 8.37. The van der Waals surface area contributed by atoms with Gasteiger partial charge >= 0.3 is 0 Å². The molecule has 1 fully saturated rings. The molecule has 0 aliphatic carbocycles. The number of piperazine rings is 1. The van der Waals surface area contributed by atoms with Crippen LogP contribution in [0.5, 0.6) is 0 Å². The molecule has 0 saturated carbocycles. The maximum Gasteiger partial charge on any atom is 0.136 e. The van der Waals surface area contributed by atoms with Crippen molar-refractivity contribution in [3.05, 3.63) is 0 Å². The van der Waals surface area contributed by atoms with E-state index >= 15 is 0 Å². The normalized spacial score (nSPS) is 15.9. The monoisotopic (exact) mass is 263 g/mol. The minimum absolute atomic E-state index is 0. The predicted molar refractivity (Wildman–Crippen MR) is 67.4 cm³/mol. The van der Waals surface area contributed by atoms with Crippen LogP contribution in [0.25, 0.3) is 0 Å². The number of nitrogens with two attached hydrogens (primary N) is 1. The van der Waals surface area contributed by atoms with Crippen LogP contribution in [0.1, 0.15) is 0 Å². The summed E-state index contributed by atoms with van der Waals surface area (Å²) < 4.78 is 0. The lowest BCUT2D eigenvalue weighted by Crippen LogP contribution is -2.42. The first-order valence-electron chi connectivity index (χ1n) is 3.63. The quantitative estimate of drug-likeness (QED) is 0.321. The molecule has 0 bridgehead atoms. The highest BCUT2D eigenvalue weighted by Gasteiger charge is 2.03. The molecule has 1 heterocycles. The van der Waals surface area contributed by atoms with Crippen molar-refractivity contribution in [2.75, 3.05) is 26.2 Å². The first-order chi connectivity index (χ1) is 5.43. The second-order valence-corrected chi connectivity index (χ2v) is 2.32. The van der Waals surface area contributed by atoms with Crippen LogP contribution in [0.2, 0.25) is 0 Å². The average Bonchev–Trinajstić information content (AvgIpc) is 2.07. The molecule has 14 heavy (non-hydrogen) atoms. The summed E-state index contributed by atoms with van der Waals surface area (Å²) in [4.78, 5) is 5.99. The van der Waals surface area contributed by atoms with Gasteiger partial charge in [-0.2, -0.15) is 5.10 Å². The number of rotatable bonds is 2. The zero-order valence-electron chi connectivity index (χ0n) is 7.63. The Hall–Kier alpha value is -0.230.